The van der Waals surface area contributed by atoms with Gasteiger partial charge in [-0.25, -0.2) is 0 Å². The molecule has 23 heavy (non-hydrogen) atoms. The second-order valence-corrected chi connectivity index (χ2v) is 7.24. The van der Waals surface area contributed by atoms with Crippen molar-refractivity contribution in [1.82, 2.24) is 15.5 Å². The van der Waals surface area contributed by atoms with Crippen molar-refractivity contribution in [3.05, 3.63) is 0 Å². The molecular weight excluding hydrogens is 294 g/mol. The van der Waals surface area contributed by atoms with Crippen LogP contribution in [0.4, 0.5) is 0 Å². The van der Waals surface area contributed by atoms with Gasteiger partial charge in [-0.2, -0.15) is 0 Å². The summed E-state index contributed by atoms with van der Waals surface area (Å²) in [5.74, 6) is 0.0177. The molecule has 2 rings (SSSR count). The van der Waals surface area contributed by atoms with Crippen LogP contribution in [0, 0.1) is 5.92 Å². The van der Waals surface area contributed by atoms with E-state index < -0.39 is 0 Å². The summed E-state index contributed by atoms with van der Waals surface area (Å²) < 4.78 is 5.37. The molecule has 0 radical (unpaired) electrons. The molecule has 6 nitrogen and oxygen atoms in total. The van der Waals surface area contributed by atoms with Gasteiger partial charge in [0, 0.05) is 31.1 Å². The van der Waals surface area contributed by atoms with Gasteiger partial charge in [0.1, 0.15) is 0 Å². The van der Waals surface area contributed by atoms with Crippen LogP contribution >= 0.6 is 0 Å². The summed E-state index contributed by atoms with van der Waals surface area (Å²) in [5, 5.41) is 5.73. The van der Waals surface area contributed by atoms with Gasteiger partial charge in [0.25, 0.3) is 0 Å². The summed E-state index contributed by atoms with van der Waals surface area (Å²) in [4.78, 5) is 26.4. The van der Waals surface area contributed by atoms with E-state index in [1.807, 2.05) is 0 Å². The Morgan fingerprint density at radius 3 is 2.39 bits per heavy atom. The van der Waals surface area contributed by atoms with Crippen molar-refractivity contribution in [2.24, 2.45) is 5.92 Å². The minimum Gasteiger partial charge on any atom is -0.379 e. The predicted octanol–water partition coefficient (Wildman–Crippen LogP) is 0.910. The molecule has 0 aromatic rings. The average Bonchev–Trinajstić information content (AvgIpc) is 2.59. The van der Waals surface area contributed by atoms with Gasteiger partial charge in [0.2, 0.25) is 11.8 Å². The van der Waals surface area contributed by atoms with Crippen molar-refractivity contribution >= 4 is 11.8 Å². The number of nitrogens with one attached hydrogen (secondary N) is 2. The minimum atomic E-state index is -0.115. The lowest BCUT2D eigenvalue weighted by atomic mass is 9.89. The Morgan fingerprint density at radius 1 is 1.09 bits per heavy atom. The molecule has 0 unspecified atom stereocenters. The summed E-state index contributed by atoms with van der Waals surface area (Å²) in [6, 6.07) is 0. The number of amides is 2. The fourth-order valence-electron chi connectivity index (χ4n) is 3.33. The molecule has 132 valence electrons. The van der Waals surface area contributed by atoms with Crippen LogP contribution < -0.4 is 10.6 Å². The van der Waals surface area contributed by atoms with E-state index in [9.17, 15) is 9.59 Å². The van der Waals surface area contributed by atoms with Gasteiger partial charge in [-0.1, -0.05) is 19.3 Å². The van der Waals surface area contributed by atoms with E-state index >= 15 is 0 Å². The molecule has 0 bridgehead atoms. The zero-order chi connectivity index (χ0) is 16.7. The molecule has 6 heteroatoms. The lowest BCUT2D eigenvalue weighted by Crippen LogP contribution is -2.56. The third-order valence-electron chi connectivity index (χ3n) is 4.98. The van der Waals surface area contributed by atoms with Gasteiger partial charge in [0.05, 0.1) is 19.8 Å². The van der Waals surface area contributed by atoms with E-state index in [1.165, 1.54) is 6.42 Å². The summed E-state index contributed by atoms with van der Waals surface area (Å²) in [6.07, 6.45) is 5.38. The zero-order valence-electron chi connectivity index (χ0n) is 14.5. The first-order chi connectivity index (χ1) is 11.0. The van der Waals surface area contributed by atoms with Gasteiger partial charge < -0.3 is 15.4 Å². The van der Waals surface area contributed by atoms with Crippen LogP contribution in [-0.4, -0.2) is 61.6 Å². The van der Waals surface area contributed by atoms with E-state index in [4.69, 9.17) is 4.74 Å². The first kappa shape index (κ1) is 18.2. The topological polar surface area (TPSA) is 70.7 Å². The van der Waals surface area contributed by atoms with E-state index in [0.29, 0.717) is 6.54 Å². The number of carbonyl (C=O) groups is 2. The van der Waals surface area contributed by atoms with E-state index in [-0.39, 0.29) is 29.8 Å². The first-order valence-corrected chi connectivity index (χ1v) is 8.86. The maximum absolute atomic E-state index is 12.0. The summed E-state index contributed by atoms with van der Waals surface area (Å²) >= 11 is 0. The molecule has 1 saturated heterocycles. The maximum atomic E-state index is 12.0. The summed E-state index contributed by atoms with van der Waals surface area (Å²) in [5.41, 5.74) is -0.104. The molecule has 2 aliphatic rings. The highest BCUT2D eigenvalue weighted by atomic mass is 16.5. The van der Waals surface area contributed by atoms with Gasteiger partial charge >= 0.3 is 0 Å². The van der Waals surface area contributed by atoms with E-state index in [2.05, 4.69) is 29.4 Å². The molecule has 1 heterocycles. The number of hydrogen-bond donors (Lipinski definition) is 2. The number of nitrogens with zero attached hydrogens (tertiary/aromatic N) is 1. The standard InChI is InChI=1S/C17H31N3O3/c1-17(2,20-8-10-23-11-9-20)13-19-15(21)12-18-16(22)14-6-4-3-5-7-14/h14H,3-13H2,1-2H3,(H,18,22)(H,19,21). The molecule has 1 aliphatic carbocycles. The van der Waals surface area contributed by atoms with Gasteiger partial charge in [-0.3, -0.25) is 14.5 Å². The Morgan fingerprint density at radius 2 is 1.74 bits per heavy atom. The normalized spacial score (nSPS) is 21.0. The molecule has 0 atom stereocenters. The predicted molar refractivity (Wildman–Crippen MR) is 89.1 cm³/mol. The van der Waals surface area contributed by atoms with E-state index in [0.717, 1.165) is 52.0 Å². The lowest BCUT2D eigenvalue weighted by Gasteiger charge is -2.40. The molecule has 2 N–H and O–H groups in total. The van der Waals surface area contributed by atoms with Crippen LogP contribution in [0.1, 0.15) is 46.0 Å². The fraction of sp³-hybridized carbons (Fsp3) is 0.882. The molecule has 2 fully saturated rings. The summed E-state index contributed by atoms with van der Waals surface area (Å²) in [6.45, 7) is 8.17. The van der Waals surface area contributed by atoms with Crippen molar-refractivity contribution in [3.63, 3.8) is 0 Å². The second kappa shape index (κ2) is 8.64. The third kappa shape index (κ3) is 5.77. The quantitative estimate of drug-likeness (QED) is 0.761. The monoisotopic (exact) mass is 325 g/mol. The molecule has 0 aromatic heterocycles. The second-order valence-electron chi connectivity index (χ2n) is 7.24. The fourth-order valence-corrected chi connectivity index (χ4v) is 3.33. The number of ether oxygens (including phenoxy) is 1. The third-order valence-corrected chi connectivity index (χ3v) is 4.98. The Hall–Kier alpha value is -1.14. The van der Waals surface area contributed by atoms with Crippen LogP contribution in [0.3, 0.4) is 0 Å². The highest BCUT2D eigenvalue weighted by Gasteiger charge is 2.28. The van der Waals surface area contributed by atoms with Crippen LogP contribution in [0.5, 0.6) is 0 Å². The number of hydrogen-bond acceptors (Lipinski definition) is 4. The molecule has 1 aliphatic heterocycles. The smallest absolute Gasteiger partial charge is 0.239 e. The maximum Gasteiger partial charge on any atom is 0.239 e. The van der Waals surface area contributed by atoms with Crippen molar-refractivity contribution in [2.75, 3.05) is 39.4 Å². The molecule has 0 spiro atoms. The molecule has 0 aromatic carbocycles. The Bertz CT molecular complexity index is 400. The van der Waals surface area contributed by atoms with Crippen molar-refractivity contribution in [1.29, 1.82) is 0 Å². The van der Waals surface area contributed by atoms with E-state index in [1.54, 1.807) is 0 Å². The Labute approximate surface area is 139 Å². The van der Waals surface area contributed by atoms with Crippen LogP contribution in [0.2, 0.25) is 0 Å². The van der Waals surface area contributed by atoms with Crippen LogP contribution in [0.15, 0.2) is 0 Å². The highest BCUT2D eigenvalue weighted by molar-refractivity contribution is 5.85. The zero-order valence-corrected chi connectivity index (χ0v) is 14.5. The number of carbonyl (C=O) groups excluding carboxylic acids is 2. The van der Waals surface area contributed by atoms with Gasteiger partial charge in [-0.05, 0) is 26.7 Å². The largest absolute Gasteiger partial charge is 0.379 e. The minimum absolute atomic E-state index is 0.0345. The molecular formula is C17H31N3O3. The summed E-state index contributed by atoms with van der Waals surface area (Å²) in [7, 11) is 0. The number of rotatable bonds is 6. The molecule has 1 saturated carbocycles. The average molecular weight is 325 g/mol. The SMILES string of the molecule is CC(C)(CNC(=O)CNC(=O)C1CCCCC1)N1CCOCC1. The first-order valence-electron chi connectivity index (χ1n) is 8.86. The Balaban J connectivity index is 1.66. The van der Waals surface area contributed by atoms with Gasteiger partial charge in [-0.15, -0.1) is 0 Å². The van der Waals surface area contributed by atoms with Crippen molar-refractivity contribution < 1.29 is 14.3 Å². The highest BCUT2D eigenvalue weighted by Crippen LogP contribution is 2.23. The van der Waals surface area contributed by atoms with Crippen molar-refractivity contribution in [2.45, 2.75) is 51.5 Å². The van der Waals surface area contributed by atoms with Crippen LogP contribution in [-0.2, 0) is 14.3 Å². The van der Waals surface area contributed by atoms with Gasteiger partial charge in [0.15, 0.2) is 0 Å². The van der Waals surface area contributed by atoms with Crippen molar-refractivity contribution in [3.8, 4) is 0 Å². The Kier molecular flexibility index (Phi) is 6.84. The molecule has 2 amide bonds. The number of morpholine rings is 1. The lowest BCUT2D eigenvalue weighted by molar-refractivity contribution is -0.129. The van der Waals surface area contributed by atoms with Crippen LogP contribution in [0.25, 0.3) is 0 Å².